The number of carboxylic acid groups (broad SMARTS) is 1. The SMILES string of the molecule is O=C(O)CC(NC(=O)c1ccc(=O)oc1)c1ccccc1. The summed E-state index contributed by atoms with van der Waals surface area (Å²) in [7, 11) is 0. The quantitative estimate of drug-likeness (QED) is 0.870. The Hall–Kier alpha value is -2.89. The van der Waals surface area contributed by atoms with Crippen LogP contribution in [0.4, 0.5) is 0 Å². The van der Waals surface area contributed by atoms with E-state index >= 15 is 0 Å². The zero-order valence-corrected chi connectivity index (χ0v) is 11.0. The normalized spacial score (nSPS) is 11.6. The maximum atomic E-state index is 12.1. The molecular weight excluding hydrogens is 274 g/mol. The third-order valence-corrected chi connectivity index (χ3v) is 2.85. The van der Waals surface area contributed by atoms with Crippen LogP contribution in [0.5, 0.6) is 0 Å². The highest BCUT2D eigenvalue weighted by atomic mass is 16.4. The Morgan fingerprint density at radius 2 is 1.86 bits per heavy atom. The lowest BCUT2D eigenvalue weighted by atomic mass is 10.0. The van der Waals surface area contributed by atoms with Gasteiger partial charge in [-0.2, -0.15) is 0 Å². The van der Waals surface area contributed by atoms with E-state index in [0.717, 1.165) is 12.3 Å². The second-order valence-electron chi connectivity index (χ2n) is 4.38. The fraction of sp³-hybridized carbons (Fsp3) is 0.133. The largest absolute Gasteiger partial charge is 0.481 e. The molecule has 0 saturated carbocycles. The van der Waals surface area contributed by atoms with Crippen molar-refractivity contribution in [3.05, 3.63) is 70.3 Å². The van der Waals surface area contributed by atoms with Gasteiger partial charge in [0.1, 0.15) is 6.26 Å². The molecule has 1 unspecified atom stereocenters. The fourth-order valence-corrected chi connectivity index (χ4v) is 1.84. The average Bonchev–Trinajstić information content (AvgIpc) is 2.47. The van der Waals surface area contributed by atoms with E-state index in [2.05, 4.69) is 9.73 Å². The number of carbonyl (C=O) groups is 2. The van der Waals surface area contributed by atoms with Crippen LogP contribution in [0.1, 0.15) is 28.4 Å². The summed E-state index contributed by atoms with van der Waals surface area (Å²) in [5, 5.41) is 11.6. The number of amides is 1. The van der Waals surface area contributed by atoms with E-state index in [9.17, 15) is 14.4 Å². The van der Waals surface area contributed by atoms with Crippen LogP contribution in [0.15, 0.2) is 57.9 Å². The Kier molecular flexibility index (Phi) is 4.50. The van der Waals surface area contributed by atoms with Gasteiger partial charge in [-0.3, -0.25) is 9.59 Å². The Labute approximate surface area is 120 Å². The molecule has 1 aromatic heterocycles. The van der Waals surface area contributed by atoms with Crippen molar-refractivity contribution in [3.63, 3.8) is 0 Å². The van der Waals surface area contributed by atoms with Gasteiger partial charge in [-0.1, -0.05) is 30.3 Å². The van der Waals surface area contributed by atoms with Gasteiger partial charge in [-0.15, -0.1) is 0 Å². The minimum atomic E-state index is -1.02. The van der Waals surface area contributed by atoms with Crippen molar-refractivity contribution in [2.75, 3.05) is 0 Å². The Balaban J connectivity index is 2.18. The average molecular weight is 287 g/mol. The molecule has 0 bridgehead atoms. The van der Waals surface area contributed by atoms with E-state index in [0.29, 0.717) is 5.56 Å². The van der Waals surface area contributed by atoms with Gasteiger partial charge in [0.25, 0.3) is 5.91 Å². The summed E-state index contributed by atoms with van der Waals surface area (Å²) in [5.74, 6) is -1.53. The first kappa shape index (κ1) is 14.5. The lowest BCUT2D eigenvalue weighted by Gasteiger charge is -2.17. The molecule has 2 aromatic rings. The molecule has 0 saturated heterocycles. The Bertz CT molecular complexity index is 672. The summed E-state index contributed by atoms with van der Waals surface area (Å²) in [4.78, 5) is 33.8. The third kappa shape index (κ3) is 4.04. The second-order valence-corrected chi connectivity index (χ2v) is 4.38. The van der Waals surface area contributed by atoms with Gasteiger partial charge < -0.3 is 14.8 Å². The van der Waals surface area contributed by atoms with Crippen molar-refractivity contribution < 1.29 is 19.1 Å². The molecule has 2 rings (SSSR count). The number of carbonyl (C=O) groups excluding carboxylic acids is 1. The highest BCUT2D eigenvalue weighted by molar-refractivity contribution is 5.94. The van der Waals surface area contributed by atoms with Gasteiger partial charge in [0.15, 0.2) is 0 Å². The van der Waals surface area contributed by atoms with E-state index in [1.54, 1.807) is 30.3 Å². The van der Waals surface area contributed by atoms with Gasteiger partial charge in [0.2, 0.25) is 0 Å². The minimum Gasteiger partial charge on any atom is -0.481 e. The second kappa shape index (κ2) is 6.51. The minimum absolute atomic E-state index is 0.154. The van der Waals surface area contributed by atoms with Crippen LogP contribution in [-0.2, 0) is 4.79 Å². The first-order valence-corrected chi connectivity index (χ1v) is 6.22. The van der Waals surface area contributed by atoms with Crippen LogP contribution in [0, 0.1) is 0 Å². The molecule has 0 fully saturated rings. The van der Waals surface area contributed by atoms with Gasteiger partial charge in [-0.05, 0) is 11.6 Å². The monoisotopic (exact) mass is 287 g/mol. The first-order chi connectivity index (χ1) is 10.1. The lowest BCUT2D eigenvalue weighted by Crippen LogP contribution is -2.30. The molecule has 1 amide bonds. The Morgan fingerprint density at radius 3 is 2.43 bits per heavy atom. The van der Waals surface area contributed by atoms with Crippen molar-refractivity contribution in [2.24, 2.45) is 0 Å². The topological polar surface area (TPSA) is 96.6 Å². The summed E-state index contributed by atoms with van der Waals surface area (Å²) in [6.45, 7) is 0. The number of aliphatic carboxylic acids is 1. The van der Waals surface area contributed by atoms with Crippen LogP contribution in [-0.4, -0.2) is 17.0 Å². The number of hydrogen-bond acceptors (Lipinski definition) is 4. The van der Waals surface area contributed by atoms with E-state index < -0.39 is 23.5 Å². The van der Waals surface area contributed by atoms with Crippen LogP contribution in [0.25, 0.3) is 0 Å². The molecule has 0 aliphatic carbocycles. The maximum Gasteiger partial charge on any atom is 0.335 e. The van der Waals surface area contributed by atoms with Crippen LogP contribution >= 0.6 is 0 Å². The summed E-state index contributed by atoms with van der Waals surface area (Å²) in [6.07, 6.45) is 0.799. The van der Waals surface area contributed by atoms with Crippen LogP contribution in [0.3, 0.4) is 0 Å². The predicted octanol–water partition coefficient (Wildman–Crippen LogP) is 1.59. The Morgan fingerprint density at radius 1 is 1.14 bits per heavy atom. The van der Waals surface area contributed by atoms with Crippen molar-refractivity contribution in [1.29, 1.82) is 0 Å². The highest BCUT2D eigenvalue weighted by Crippen LogP contribution is 2.17. The van der Waals surface area contributed by atoms with E-state index in [1.165, 1.54) is 6.07 Å². The molecule has 21 heavy (non-hydrogen) atoms. The van der Waals surface area contributed by atoms with Crippen LogP contribution < -0.4 is 10.9 Å². The van der Waals surface area contributed by atoms with Gasteiger partial charge in [-0.25, -0.2) is 4.79 Å². The maximum absolute atomic E-state index is 12.1. The van der Waals surface area contributed by atoms with Crippen molar-refractivity contribution >= 4 is 11.9 Å². The summed E-state index contributed by atoms with van der Waals surface area (Å²) < 4.78 is 4.62. The molecule has 0 radical (unpaired) electrons. The molecule has 1 atom stereocenters. The van der Waals surface area contributed by atoms with E-state index in [1.807, 2.05) is 0 Å². The molecular formula is C15H13NO5. The molecule has 0 aliphatic rings. The lowest BCUT2D eigenvalue weighted by molar-refractivity contribution is -0.137. The van der Waals surface area contributed by atoms with Crippen molar-refractivity contribution in [1.82, 2.24) is 5.32 Å². The number of carboxylic acids is 1. The first-order valence-electron chi connectivity index (χ1n) is 6.22. The van der Waals surface area contributed by atoms with Gasteiger partial charge >= 0.3 is 11.6 Å². The molecule has 6 heteroatoms. The number of hydrogen-bond donors (Lipinski definition) is 2. The molecule has 108 valence electrons. The zero-order chi connectivity index (χ0) is 15.2. The van der Waals surface area contributed by atoms with E-state index in [4.69, 9.17) is 5.11 Å². The molecule has 1 heterocycles. The fourth-order valence-electron chi connectivity index (χ4n) is 1.84. The summed E-state index contributed by atoms with van der Waals surface area (Å²) in [6, 6.07) is 10.6. The smallest absolute Gasteiger partial charge is 0.335 e. The summed E-state index contributed by atoms with van der Waals surface area (Å²) >= 11 is 0. The molecule has 0 spiro atoms. The van der Waals surface area contributed by atoms with Gasteiger partial charge in [0, 0.05) is 6.07 Å². The predicted molar refractivity (Wildman–Crippen MR) is 73.9 cm³/mol. The molecule has 0 aliphatic heterocycles. The molecule has 2 N–H and O–H groups in total. The van der Waals surface area contributed by atoms with Crippen molar-refractivity contribution in [3.8, 4) is 0 Å². The summed E-state index contributed by atoms with van der Waals surface area (Å²) in [5.41, 5.74) is 0.281. The van der Waals surface area contributed by atoms with Crippen molar-refractivity contribution in [2.45, 2.75) is 12.5 Å². The zero-order valence-electron chi connectivity index (χ0n) is 11.0. The van der Waals surface area contributed by atoms with Gasteiger partial charge in [0.05, 0.1) is 18.0 Å². The van der Waals surface area contributed by atoms with Crippen LogP contribution in [0.2, 0.25) is 0 Å². The standard InChI is InChI=1S/C15H13NO5/c17-13(18)8-12(10-4-2-1-3-5-10)16-15(20)11-6-7-14(19)21-9-11/h1-7,9,12H,8H2,(H,16,20)(H,17,18). The number of benzene rings is 1. The number of nitrogens with one attached hydrogen (secondary N) is 1. The van der Waals surface area contributed by atoms with E-state index in [-0.39, 0.29) is 12.0 Å². The third-order valence-electron chi connectivity index (χ3n) is 2.85. The number of rotatable bonds is 5. The highest BCUT2D eigenvalue weighted by Gasteiger charge is 2.19. The molecule has 6 nitrogen and oxygen atoms in total. The molecule has 1 aromatic carbocycles.